The van der Waals surface area contributed by atoms with E-state index in [4.69, 9.17) is 9.47 Å². The lowest BCUT2D eigenvalue weighted by Crippen LogP contribution is -2.35. The largest absolute Gasteiger partial charge is 0.462 e. The molecule has 0 saturated carbocycles. The van der Waals surface area contributed by atoms with E-state index in [0.717, 1.165) is 40.6 Å². The number of nitrogens with one attached hydrogen (secondary N) is 2. The molecule has 0 bridgehead atoms. The third kappa shape index (κ3) is 4.47. The Bertz CT molecular complexity index is 1260. The first-order valence-electron chi connectivity index (χ1n) is 10.8. The van der Waals surface area contributed by atoms with Crippen molar-refractivity contribution in [1.82, 2.24) is 29.5 Å². The van der Waals surface area contributed by atoms with Crippen molar-refractivity contribution < 1.29 is 14.3 Å². The maximum absolute atomic E-state index is 12.7. The molecule has 5 heterocycles. The highest BCUT2D eigenvalue weighted by atomic mass is 32.1. The maximum Gasteiger partial charge on any atom is 0.348 e. The summed E-state index contributed by atoms with van der Waals surface area (Å²) >= 11 is 1.37. The lowest BCUT2D eigenvalue weighted by Gasteiger charge is -2.26. The second-order valence-corrected chi connectivity index (χ2v) is 8.81. The molecule has 1 aliphatic rings. The van der Waals surface area contributed by atoms with Gasteiger partial charge in [-0.1, -0.05) is 0 Å². The van der Waals surface area contributed by atoms with E-state index in [1.165, 1.54) is 11.3 Å². The Morgan fingerprint density at radius 2 is 2.18 bits per heavy atom. The normalized spacial score (nSPS) is 14.6. The number of esters is 1. The molecule has 0 amide bonds. The molecule has 1 aliphatic heterocycles. The van der Waals surface area contributed by atoms with Gasteiger partial charge >= 0.3 is 5.97 Å². The highest BCUT2D eigenvalue weighted by Crippen LogP contribution is 2.33. The number of carbonyl (C=O) groups excluding carboxylic acids is 1. The molecule has 0 radical (unpaired) electrons. The third-order valence-corrected chi connectivity index (χ3v) is 6.49. The first-order chi connectivity index (χ1) is 16.1. The van der Waals surface area contributed by atoms with Gasteiger partial charge in [-0.05, 0) is 25.5 Å². The van der Waals surface area contributed by atoms with Gasteiger partial charge in [-0.3, -0.25) is 14.4 Å². The molecule has 0 spiro atoms. The highest BCUT2D eigenvalue weighted by molar-refractivity contribution is 7.18. The fraction of sp³-hybridized carbons (Fsp3) is 0.364. The number of carbonyl (C=O) groups is 1. The fourth-order valence-electron chi connectivity index (χ4n) is 3.89. The van der Waals surface area contributed by atoms with E-state index >= 15 is 0 Å². The van der Waals surface area contributed by atoms with Crippen LogP contribution < -0.4 is 5.32 Å². The molecule has 5 rings (SSSR count). The molecule has 1 fully saturated rings. The Morgan fingerprint density at radius 1 is 1.33 bits per heavy atom. The molecule has 4 aromatic heterocycles. The summed E-state index contributed by atoms with van der Waals surface area (Å²) in [5.41, 5.74) is 4.32. The van der Waals surface area contributed by atoms with Crippen LogP contribution in [0, 0.1) is 6.92 Å². The number of anilines is 2. The van der Waals surface area contributed by atoms with Gasteiger partial charge in [0.15, 0.2) is 11.5 Å². The van der Waals surface area contributed by atoms with Crippen molar-refractivity contribution in [3.63, 3.8) is 0 Å². The van der Waals surface area contributed by atoms with Gasteiger partial charge in [0, 0.05) is 37.6 Å². The summed E-state index contributed by atoms with van der Waals surface area (Å²) in [6.45, 7) is 7.84. The molecule has 172 valence electrons. The van der Waals surface area contributed by atoms with E-state index in [1.807, 2.05) is 36.7 Å². The molecule has 10 nitrogen and oxygen atoms in total. The Kier molecular flexibility index (Phi) is 6.07. The minimum atomic E-state index is -0.302. The maximum atomic E-state index is 12.7. The van der Waals surface area contributed by atoms with Crippen LogP contribution in [-0.4, -0.2) is 68.3 Å². The molecule has 0 aliphatic carbocycles. The van der Waals surface area contributed by atoms with Crippen molar-refractivity contribution in [2.24, 2.45) is 0 Å². The number of hydrogen-bond acceptors (Lipinski definition) is 9. The van der Waals surface area contributed by atoms with Crippen LogP contribution in [0.1, 0.15) is 27.9 Å². The van der Waals surface area contributed by atoms with Gasteiger partial charge in [0.25, 0.3) is 0 Å². The topological polar surface area (TPSA) is 110 Å². The SMILES string of the molecule is CCOC(=O)c1sc(Nc2nc(C)cn3c(-c4cn[nH]c4)cnc23)cc1CN1CCOCC1. The molecular weight excluding hydrogens is 442 g/mol. The van der Waals surface area contributed by atoms with Gasteiger partial charge in [-0.25, -0.2) is 14.8 Å². The molecule has 11 heteroatoms. The Morgan fingerprint density at radius 3 is 2.94 bits per heavy atom. The number of thiophene rings is 1. The number of morpholine rings is 1. The smallest absolute Gasteiger partial charge is 0.348 e. The predicted molar refractivity (Wildman–Crippen MR) is 125 cm³/mol. The molecule has 1 saturated heterocycles. The summed E-state index contributed by atoms with van der Waals surface area (Å²) in [4.78, 5) is 24.8. The number of H-pyrrole nitrogens is 1. The van der Waals surface area contributed by atoms with Crippen LogP contribution in [0.3, 0.4) is 0 Å². The molecule has 33 heavy (non-hydrogen) atoms. The van der Waals surface area contributed by atoms with Gasteiger partial charge < -0.3 is 14.8 Å². The minimum absolute atomic E-state index is 0.302. The second kappa shape index (κ2) is 9.30. The van der Waals surface area contributed by atoms with Gasteiger partial charge in [-0.2, -0.15) is 5.10 Å². The van der Waals surface area contributed by atoms with Gasteiger partial charge in [0.05, 0.1) is 48.6 Å². The number of nitrogens with zero attached hydrogens (tertiary/aromatic N) is 5. The van der Waals surface area contributed by atoms with Crippen LogP contribution in [0.25, 0.3) is 16.9 Å². The Labute approximate surface area is 194 Å². The Balaban J connectivity index is 1.48. The fourth-order valence-corrected chi connectivity index (χ4v) is 4.86. The average molecular weight is 468 g/mol. The summed E-state index contributed by atoms with van der Waals surface area (Å²) < 4.78 is 12.8. The molecule has 4 aromatic rings. The summed E-state index contributed by atoms with van der Waals surface area (Å²) in [6.07, 6.45) is 7.33. The number of hydrogen-bond donors (Lipinski definition) is 2. The second-order valence-electron chi connectivity index (χ2n) is 7.75. The quantitative estimate of drug-likeness (QED) is 0.399. The number of aromatic nitrogens is 5. The third-order valence-electron chi connectivity index (χ3n) is 5.42. The molecule has 0 aromatic carbocycles. The number of aryl methyl sites for hydroxylation is 1. The lowest BCUT2D eigenvalue weighted by atomic mass is 10.2. The zero-order chi connectivity index (χ0) is 22.8. The van der Waals surface area contributed by atoms with Crippen LogP contribution in [0.5, 0.6) is 0 Å². The van der Waals surface area contributed by atoms with Crippen molar-refractivity contribution in [3.8, 4) is 11.3 Å². The van der Waals surface area contributed by atoms with Crippen LogP contribution in [0.2, 0.25) is 0 Å². The van der Waals surface area contributed by atoms with E-state index in [0.29, 0.717) is 42.7 Å². The van der Waals surface area contributed by atoms with Crippen LogP contribution >= 0.6 is 11.3 Å². The van der Waals surface area contributed by atoms with E-state index in [2.05, 4.69) is 30.4 Å². The zero-order valence-electron chi connectivity index (χ0n) is 18.5. The molecule has 2 N–H and O–H groups in total. The number of rotatable bonds is 7. The predicted octanol–water partition coefficient (Wildman–Crippen LogP) is 3.24. The van der Waals surface area contributed by atoms with Crippen LogP contribution in [-0.2, 0) is 16.0 Å². The summed E-state index contributed by atoms with van der Waals surface area (Å²) in [5, 5.41) is 11.1. The van der Waals surface area contributed by atoms with Crippen LogP contribution in [0.15, 0.2) is 30.9 Å². The highest BCUT2D eigenvalue weighted by Gasteiger charge is 2.22. The summed E-state index contributed by atoms with van der Waals surface area (Å²) in [7, 11) is 0. The molecule has 0 unspecified atom stereocenters. The number of ether oxygens (including phenoxy) is 2. The minimum Gasteiger partial charge on any atom is -0.462 e. The Hall–Kier alpha value is -3.28. The number of aromatic amines is 1. The van der Waals surface area contributed by atoms with Crippen LogP contribution in [0.4, 0.5) is 10.8 Å². The lowest BCUT2D eigenvalue weighted by molar-refractivity contribution is 0.0338. The van der Waals surface area contributed by atoms with E-state index in [9.17, 15) is 4.79 Å². The molecule has 0 atom stereocenters. The van der Waals surface area contributed by atoms with Crippen molar-refractivity contribution in [2.75, 3.05) is 38.2 Å². The van der Waals surface area contributed by atoms with E-state index < -0.39 is 0 Å². The van der Waals surface area contributed by atoms with Crippen molar-refractivity contribution in [3.05, 3.63) is 47.0 Å². The van der Waals surface area contributed by atoms with Crippen molar-refractivity contribution >= 4 is 33.8 Å². The molecular formula is C22H25N7O3S. The van der Waals surface area contributed by atoms with Crippen molar-refractivity contribution in [1.29, 1.82) is 0 Å². The number of imidazole rings is 1. The van der Waals surface area contributed by atoms with Gasteiger partial charge in [0.2, 0.25) is 0 Å². The summed E-state index contributed by atoms with van der Waals surface area (Å²) in [5.74, 6) is 0.323. The first-order valence-corrected chi connectivity index (χ1v) is 11.6. The van der Waals surface area contributed by atoms with E-state index in [-0.39, 0.29) is 5.97 Å². The van der Waals surface area contributed by atoms with Gasteiger partial charge in [0.1, 0.15) is 4.88 Å². The monoisotopic (exact) mass is 467 g/mol. The summed E-state index contributed by atoms with van der Waals surface area (Å²) in [6, 6.07) is 2.01. The van der Waals surface area contributed by atoms with Crippen molar-refractivity contribution in [2.45, 2.75) is 20.4 Å². The number of fused-ring (bicyclic) bond motifs is 1. The van der Waals surface area contributed by atoms with E-state index in [1.54, 1.807) is 12.4 Å². The average Bonchev–Trinajstić information content (AvgIpc) is 3.54. The van der Waals surface area contributed by atoms with Gasteiger partial charge in [-0.15, -0.1) is 11.3 Å². The first kappa shape index (κ1) is 21.6. The standard InChI is InChI=1S/C22H25N7O3S/c1-3-32-22(30)19-15(13-28-4-6-31-7-5-28)8-18(33-19)27-20-21-23-11-17(16-9-24-25-10-16)29(21)12-14(2)26-20/h8-12H,3-7,13H2,1-2H3,(H,24,25)(H,26,27). The zero-order valence-corrected chi connectivity index (χ0v) is 19.3.